The number of hydrogen-bond donors (Lipinski definition) is 2. The second-order valence-electron chi connectivity index (χ2n) is 2.28. The second-order valence-corrected chi connectivity index (χ2v) is 2.28. The first kappa shape index (κ1) is 9.23. The van der Waals surface area contributed by atoms with Crippen molar-refractivity contribution >= 4 is 6.09 Å². The van der Waals surface area contributed by atoms with E-state index >= 15 is 0 Å². The molecule has 0 bridgehead atoms. The molecular weight excluding hydrogens is 132 g/mol. The van der Waals surface area contributed by atoms with Gasteiger partial charge in [-0.2, -0.15) is 0 Å². The summed E-state index contributed by atoms with van der Waals surface area (Å²) in [6.45, 7) is 3.64. The number of carbonyl (C=O) groups is 1. The van der Waals surface area contributed by atoms with Crippen molar-refractivity contribution < 1.29 is 9.53 Å². The standard InChI is InChI=1S/C6H14N2O2/c1-4(7)5(2)8-6(9)10-3/h4-5H,7H2,1-3H3,(H,8,9). The van der Waals surface area contributed by atoms with Crippen LogP contribution in [0, 0.1) is 0 Å². The molecule has 3 N–H and O–H groups in total. The van der Waals surface area contributed by atoms with Crippen LogP contribution in [-0.4, -0.2) is 25.3 Å². The molecule has 0 rings (SSSR count). The Balaban J connectivity index is 3.57. The number of nitrogens with one attached hydrogen (secondary N) is 1. The van der Waals surface area contributed by atoms with E-state index in [1.165, 1.54) is 7.11 Å². The highest BCUT2D eigenvalue weighted by Crippen LogP contribution is 1.87. The zero-order valence-electron chi connectivity index (χ0n) is 6.55. The molecule has 0 fully saturated rings. The molecule has 10 heavy (non-hydrogen) atoms. The zero-order chi connectivity index (χ0) is 8.15. The molecule has 1 amide bonds. The molecule has 0 heterocycles. The van der Waals surface area contributed by atoms with Crippen molar-refractivity contribution in [3.05, 3.63) is 0 Å². The Morgan fingerprint density at radius 1 is 1.60 bits per heavy atom. The van der Waals surface area contributed by atoms with Gasteiger partial charge in [0.15, 0.2) is 0 Å². The molecule has 0 aromatic carbocycles. The third kappa shape index (κ3) is 3.29. The van der Waals surface area contributed by atoms with Crippen molar-refractivity contribution in [3.8, 4) is 0 Å². The van der Waals surface area contributed by atoms with E-state index in [0.717, 1.165) is 0 Å². The number of nitrogens with two attached hydrogens (primary N) is 1. The van der Waals surface area contributed by atoms with Gasteiger partial charge in [-0.1, -0.05) is 0 Å². The average Bonchev–Trinajstić information content (AvgIpc) is 1.87. The number of carbonyl (C=O) groups excluding carboxylic acids is 1. The van der Waals surface area contributed by atoms with Gasteiger partial charge in [0.1, 0.15) is 0 Å². The quantitative estimate of drug-likeness (QED) is 0.579. The highest BCUT2D eigenvalue weighted by molar-refractivity contribution is 5.67. The maximum absolute atomic E-state index is 10.5. The average molecular weight is 146 g/mol. The van der Waals surface area contributed by atoms with E-state index in [-0.39, 0.29) is 12.1 Å². The Morgan fingerprint density at radius 2 is 2.10 bits per heavy atom. The molecule has 0 aliphatic rings. The largest absolute Gasteiger partial charge is 0.453 e. The lowest BCUT2D eigenvalue weighted by atomic mass is 10.2. The molecule has 0 aromatic rings. The molecule has 0 saturated carbocycles. The van der Waals surface area contributed by atoms with Crippen LogP contribution in [0.1, 0.15) is 13.8 Å². The van der Waals surface area contributed by atoms with E-state index in [4.69, 9.17) is 5.73 Å². The fraction of sp³-hybridized carbons (Fsp3) is 0.833. The minimum Gasteiger partial charge on any atom is -0.453 e. The van der Waals surface area contributed by atoms with Gasteiger partial charge in [0.2, 0.25) is 0 Å². The molecule has 2 atom stereocenters. The second kappa shape index (κ2) is 4.11. The van der Waals surface area contributed by atoms with Crippen molar-refractivity contribution in [1.29, 1.82) is 0 Å². The predicted molar refractivity (Wildman–Crippen MR) is 38.7 cm³/mol. The van der Waals surface area contributed by atoms with Gasteiger partial charge < -0.3 is 15.8 Å². The minimum atomic E-state index is -0.440. The fourth-order valence-corrected chi connectivity index (χ4v) is 0.376. The van der Waals surface area contributed by atoms with Gasteiger partial charge in [-0.3, -0.25) is 0 Å². The van der Waals surface area contributed by atoms with Crippen LogP contribution in [0.5, 0.6) is 0 Å². The lowest BCUT2D eigenvalue weighted by Crippen LogP contribution is -2.43. The van der Waals surface area contributed by atoms with Crippen molar-refractivity contribution in [2.75, 3.05) is 7.11 Å². The Bertz CT molecular complexity index is 114. The van der Waals surface area contributed by atoms with Gasteiger partial charge in [0, 0.05) is 12.1 Å². The van der Waals surface area contributed by atoms with Crippen LogP contribution < -0.4 is 11.1 Å². The number of ether oxygens (including phenoxy) is 1. The molecule has 0 aliphatic carbocycles. The lowest BCUT2D eigenvalue weighted by Gasteiger charge is -2.15. The highest BCUT2D eigenvalue weighted by atomic mass is 16.5. The summed E-state index contributed by atoms with van der Waals surface area (Å²) in [4.78, 5) is 10.5. The van der Waals surface area contributed by atoms with Crippen LogP contribution in [0.3, 0.4) is 0 Å². The van der Waals surface area contributed by atoms with E-state index < -0.39 is 6.09 Å². The van der Waals surface area contributed by atoms with E-state index in [1.54, 1.807) is 0 Å². The van der Waals surface area contributed by atoms with Crippen LogP contribution in [-0.2, 0) is 4.74 Å². The van der Waals surface area contributed by atoms with Crippen LogP contribution in [0.25, 0.3) is 0 Å². The summed E-state index contributed by atoms with van der Waals surface area (Å²) in [5.74, 6) is 0. The third-order valence-corrected chi connectivity index (χ3v) is 1.32. The van der Waals surface area contributed by atoms with Gasteiger partial charge in [0.25, 0.3) is 0 Å². The number of alkyl carbamates (subject to hydrolysis) is 1. The van der Waals surface area contributed by atoms with Crippen LogP contribution in [0.4, 0.5) is 4.79 Å². The summed E-state index contributed by atoms with van der Waals surface area (Å²) in [6, 6.07) is -0.105. The van der Waals surface area contributed by atoms with Gasteiger partial charge in [-0.05, 0) is 13.8 Å². The Labute approximate surface area is 60.7 Å². The molecule has 4 nitrogen and oxygen atoms in total. The summed E-state index contributed by atoms with van der Waals surface area (Å²) in [5, 5.41) is 2.54. The maximum Gasteiger partial charge on any atom is 0.407 e. The first-order chi connectivity index (χ1) is 4.57. The fourth-order valence-electron chi connectivity index (χ4n) is 0.376. The summed E-state index contributed by atoms with van der Waals surface area (Å²) in [5.41, 5.74) is 5.47. The van der Waals surface area contributed by atoms with Gasteiger partial charge >= 0.3 is 6.09 Å². The van der Waals surface area contributed by atoms with Crippen molar-refractivity contribution in [1.82, 2.24) is 5.32 Å². The van der Waals surface area contributed by atoms with Crippen molar-refractivity contribution in [2.45, 2.75) is 25.9 Å². The summed E-state index contributed by atoms with van der Waals surface area (Å²) >= 11 is 0. The first-order valence-electron chi connectivity index (χ1n) is 3.18. The van der Waals surface area contributed by atoms with E-state index in [9.17, 15) is 4.79 Å². The molecule has 0 radical (unpaired) electrons. The summed E-state index contributed by atoms with van der Waals surface area (Å²) in [7, 11) is 1.32. The van der Waals surface area contributed by atoms with Crippen LogP contribution >= 0.6 is 0 Å². The molecular formula is C6H14N2O2. The lowest BCUT2D eigenvalue weighted by molar-refractivity contribution is 0.166. The normalized spacial score (nSPS) is 15.6. The number of rotatable bonds is 2. The topological polar surface area (TPSA) is 64.3 Å². The van der Waals surface area contributed by atoms with Crippen molar-refractivity contribution in [2.24, 2.45) is 5.73 Å². The van der Waals surface area contributed by atoms with E-state index in [2.05, 4.69) is 10.1 Å². The summed E-state index contributed by atoms with van der Waals surface area (Å²) < 4.78 is 4.37. The number of methoxy groups -OCH3 is 1. The number of hydrogen-bond acceptors (Lipinski definition) is 3. The highest BCUT2D eigenvalue weighted by Gasteiger charge is 2.09. The Hall–Kier alpha value is -0.770. The minimum absolute atomic E-state index is 0.0487. The summed E-state index contributed by atoms with van der Waals surface area (Å²) in [6.07, 6.45) is -0.440. The molecule has 0 aliphatic heterocycles. The zero-order valence-corrected chi connectivity index (χ0v) is 6.55. The molecule has 60 valence electrons. The molecule has 0 spiro atoms. The molecule has 2 unspecified atom stereocenters. The monoisotopic (exact) mass is 146 g/mol. The molecule has 0 aromatic heterocycles. The van der Waals surface area contributed by atoms with Crippen molar-refractivity contribution in [3.63, 3.8) is 0 Å². The smallest absolute Gasteiger partial charge is 0.407 e. The van der Waals surface area contributed by atoms with Crippen LogP contribution in [0.15, 0.2) is 0 Å². The predicted octanol–water partition coefficient (Wildman–Crippen LogP) is 0.0781. The molecule has 0 saturated heterocycles. The molecule has 4 heteroatoms. The van der Waals surface area contributed by atoms with Crippen LogP contribution in [0.2, 0.25) is 0 Å². The third-order valence-electron chi connectivity index (χ3n) is 1.32. The van der Waals surface area contributed by atoms with Gasteiger partial charge in [0.05, 0.1) is 7.11 Å². The van der Waals surface area contributed by atoms with E-state index in [1.807, 2.05) is 13.8 Å². The Kier molecular flexibility index (Phi) is 3.79. The SMILES string of the molecule is COC(=O)NC(C)C(C)N. The van der Waals surface area contributed by atoms with Gasteiger partial charge in [-0.15, -0.1) is 0 Å². The number of amides is 1. The first-order valence-corrected chi connectivity index (χ1v) is 3.18. The Morgan fingerprint density at radius 3 is 2.40 bits per heavy atom. The van der Waals surface area contributed by atoms with Gasteiger partial charge in [-0.25, -0.2) is 4.79 Å². The van der Waals surface area contributed by atoms with E-state index in [0.29, 0.717) is 0 Å². The maximum atomic E-state index is 10.5.